The Morgan fingerprint density at radius 1 is 0.958 bits per heavy atom. The molecule has 14 heteroatoms. The van der Waals surface area contributed by atoms with E-state index in [1.54, 1.807) is 32.4 Å². The van der Waals surface area contributed by atoms with Gasteiger partial charge in [0.2, 0.25) is 5.95 Å². The van der Waals surface area contributed by atoms with Crippen LogP contribution in [-0.4, -0.2) is 94.4 Å². The lowest BCUT2D eigenvalue weighted by Crippen LogP contribution is -2.46. The van der Waals surface area contributed by atoms with E-state index in [2.05, 4.69) is 60.1 Å². The maximum Gasteiger partial charge on any atom is 0.330 e. The zero-order valence-electron chi connectivity index (χ0n) is 28.2. The highest BCUT2D eigenvalue weighted by Crippen LogP contribution is 2.35. The highest BCUT2D eigenvalue weighted by atomic mass is 31.2. The van der Waals surface area contributed by atoms with Gasteiger partial charge in [0, 0.05) is 64.6 Å². The summed E-state index contributed by atoms with van der Waals surface area (Å²) in [6, 6.07) is 13.6. The van der Waals surface area contributed by atoms with Gasteiger partial charge >= 0.3 is 8.60 Å². The topological polar surface area (TPSA) is 155 Å². The Labute approximate surface area is 284 Å². The second-order valence-electron chi connectivity index (χ2n) is 12.0. The smallest absolute Gasteiger partial charge is 0.330 e. The summed E-state index contributed by atoms with van der Waals surface area (Å²) < 4.78 is 19.0. The van der Waals surface area contributed by atoms with Crippen molar-refractivity contribution in [1.29, 1.82) is 0 Å². The van der Waals surface area contributed by atoms with Crippen LogP contribution in [0.15, 0.2) is 48.7 Å². The van der Waals surface area contributed by atoms with Crippen molar-refractivity contribution in [3.05, 3.63) is 65.4 Å². The highest BCUT2D eigenvalue weighted by Gasteiger charge is 2.19. The average Bonchev–Trinajstić information content (AvgIpc) is 3.49. The van der Waals surface area contributed by atoms with Crippen LogP contribution >= 0.6 is 8.60 Å². The summed E-state index contributed by atoms with van der Waals surface area (Å²) in [5.74, 6) is 2.06. The van der Waals surface area contributed by atoms with Crippen molar-refractivity contribution in [3.8, 4) is 11.5 Å². The second kappa shape index (κ2) is 17.6. The molecule has 1 aliphatic heterocycles. The monoisotopic (exact) mass is 680 g/mol. The minimum atomic E-state index is -1.98. The zero-order valence-corrected chi connectivity index (χ0v) is 29.1. The summed E-state index contributed by atoms with van der Waals surface area (Å²) in [4.78, 5) is 23.9. The van der Waals surface area contributed by atoms with Gasteiger partial charge < -0.3 is 44.7 Å². The van der Waals surface area contributed by atoms with Gasteiger partial charge in [0.25, 0.3) is 0 Å². The molecule has 2 aromatic heterocycles. The van der Waals surface area contributed by atoms with Crippen LogP contribution in [0.5, 0.6) is 11.5 Å². The molecule has 13 nitrogen and oxygen atoms in total. The van der Waals surface area contributed by atoms with Gasteiger partial charge in [0.05, 0.1) is 38.1 Å². The number of phenols is 1. The largest absolute Gasteiger partial charge is 0.506 e. The van der Waals surface area contributed by atoms with E-state index < -0.39 is 8.60 Å². The molecule has 3 heterocycles. The molecule has 1 aliphatic rings. The number of anilines is 3. The number of nitrogens with two attached hydrogens (primary N) is 1. The Kier molecular flexibility index (Phi) is 13.1. The van der Waals surface area contributed by atoms with Crippen LogP contribution in [0.4, 0.5) is 17.5 Å². The number of nitrogen functional groups attached to an aromatic ring is 1. The number of ether oxygens (including phenoxy) is 1. The molecule has 0 aliphatic carbocycles. The van der Waals surface area contributed by atoms with Crippen LogP contribution in [0.1, 0.15) is 42.9 Å². The van der Waals surface area contributed by atoms with Gasteiger partial charge in [-0.3, -0.25) is 9.80 Å². The summed E-state index contributed by atoms with van der Waals surface area (Å²) in [5, 5.41) is 16.2. The van der Waals surface area contributed by atoms with Crippen molar-refractivity contribution in [3.63, 3.8) is 0 Å². The van der Waals surface area contributed by atoms with Crippen molar-refractivity contribution in [1.82, 2.24) is 24.3 Å². The molecule has 0 bridgehead atoms. The molecule has 6 N–H and O–H groups in total. The first kappa shape index (κ1) is 35.6. The molecular weight excluding hydrogens is 631 g/mol. The Bertz CT molecular complexity index is 1610. The third kappa shape index (κ3) is 9.68. The Balaban J connectivity index is 1.08. The summed E-state index contributed by atoms with van der Waals surface area (Å²) in [5.41, 5.74) is 11.5. The van der Waals surface area contributed by atoms with E-state index in [4.69, 9.17) is 19.5 Å². The summed E-state index contributed by atoms with van der Waals surface area (Å²) in [7, 11) is 1.48. The van der Waals surface area contributed by atoms with Gasteiger partial charge in [-0.25, -0.2) is 4.98 Å². The van der Waals surface area contributed by atoms with Crippen LogP contribution in [0.25, 0.3) is 11.0 Å². The number of rotatable bonds is 18. The third-order valence-corrected chi connectivity index (χ3v) is 9.30. The number of nitrogens with zero attached hydrogens (tertiary/aromatic N) is 5. The summed E-state index contributed by atoms with van der Waals surface area (Å²) >= 11 is 0. The van der Waals surface area contributed by atoms with Crippen LogP contribution < -0.4 is 21.1 Å². The van der Waals surface area contributed by atoms with Gasteiger partial charge in [-0.1, -0.05) is 38.0 Å². The van der Waals surface area contributed by atoms with E-state index in [9.17, 15) is 10.00 Å². The molecule has 5 rings (SSSR count). The normalized spacial score (nSPS) is 14.8. The molecule has 1 saturated heterocycles. The summed E-state index contributed by atoms with van der Waals surface area (Å²) in [6.07, 6.45) is 5.42. The van der Waals surface area contributed by atoms with Crippen molar-refractivity contribution >= 4 is 37.1 Å². The van der Waals surface area contributed by atoms with E-state index in [1.165, 1.54) is 5.56 Å². The van der Waals surface area contributed by atoms with Gasteiger partial charge in [-0.15, -0.1) is 0 Å². The number of aromatic nitrogens is 3. The van der Waals surface area contributed by atoms with Crippen molar-refractivity contribution in [2.45, 2.75) is 45.9 Å². The fourth-order valence-electron chi connectivity index (χ4n) is 5.88. The number of fused-ring (bicyclic) bond motifs is 1. The number of hydrogen-bond acceptors (Lipinski definition) is 12. The first-order valence-corrected chi connectivity index (χ1v) is 17.7. The molecule has 48 heavy (non-hydrogen) atoms. The number of nitrogens with one attached hydrogen (secondary N) is 2. The first-order valence-electron chi connectivity index (χ1n) is 16.6. The first-order chi connectivity index (χ1) is 23.4. The molecule has 1 atom stereocenters. The van der Waals surface area contributed by atoms with Gasteiger partial charge in [0.1, 0.15) is 17.0 Å². The van der Waals surface area contributed by atoms with Crippen molar-refractivity contribution in [2.24, 2.45) is 0 Å². The highest BCUT2D eigenvalue weighted by molar-refractivity contribution is 7.40. The van der Waals surface area contributed by atoms with Gasteiger partial charge in [-0.2, -0.15) is 4.98 Å². The van der Waals surface area contributed by atoms with E-state index in [-0.39, 0.29) is 18.3 Å². The lowest BCUT2D eigenvalue weighted by Gasteiger charge is -2.34. The second-order valence-corrected chi connectivity index (χ2v) is 12.9. The minimum Gasteiger partial charge on any atom is -0.506 e. The predicted octanol–water partition coefficient (Wildman–Crippen LogP) is 4.99. The number of methoxy groups -OCH3 is 1. The van der Waals surface area contributed by atoms with Crippen LogP contribution in [-0.2, 0) is 28.7 Å². The Morgan fingerprint density at radius 2 is 1.75 bits per heavy atom. The number of piperazine rings is 1. The number of aromatic hydroxyl groups is 1. The Morgan fingerprint density at radius 3 is 2.52 bits per heavy atom. The van der Waals surface area contributed by atoms with Crippen LogP contribution in [0, 0.1) is 0 Å². The van der Waals surface area contributed by atoms with E-state index in [1.807, 2.05) is 12.3 Å². The maximum atomic E-state index is 10.2. The molecule has 0 radical (unpaired) electrons. The van der Waals surface area contributed by atoms with Crippen LogP contribution in [0.2, 0.25) is 0 Å². The van der Waals surface area contributed by atoms with Gasteiger partial charge in [-0.05, 0) is 41.8 Å². The average molecular weight is 681 g/mol. The molecule has 0 saturated carbocycles. The summed E-state index contributed by atoms with van der Waals surface area (Å²) in [6.45, 7) is 9.54. The van der Waals surface area contributed by atoms with Gasteiger partial charge in [0.15, 0.2) is 5.82 Å². The van der Waals surface area contributed by atoms with E-state index in [0.29, 0.717) is 18.8 Å². The minimum absolute atomic E-state index is 0.168. The Hall–Kier alpha value is -3.71. The van der Waals surface area contributed by atoms with E-state index in [0.717, 1.165) is 98.8 Å². The quantitative estimate of drug-likeness (QED) is 0.0546. The van der Waals surface area contributed by atoms with Crippen LogP contribution in [0.3, 0.4) is 0 Å². The molecule has 260 valence electrons. The van der Waals surface area contributed by atoms with Crippen molar-refractivity contribution < 1.29 is 23.8 Å². The third-order valence-electron chi connectivity index (χ3n) is 8.55. The zero-order chi connectivity index (χ0) is 33.9. The fraction of sp³-hybridized carbons (Fsp3) is 0.471. The number of phenolic OH excluding ortho intramolecular Hbond substituents is 1. The molecular formula is C34H49N8O5P. The molecule has 1 unspecified atom stereocenters. The molecule has 0 spiro atoms. The lowest BCUT2D eigenvalue weighted by atomic mass is 10.1. The lowest BCUT2D eigenvalue weighted by molar-refractivity contribution is 0.105. The number of hydrogen-bond donors (Lipinski definition) is 5. The van der Waals surface area contributed by atoms with Crippen molar-refractivity contribution in [2.75, 3.05) is 76.4 Å². The predicted molar refractivity (Wildman–Crippen MR) is 191 cm³/mol. The fourth-order valence-corrected chi connectivity index (χ4v) is 6.45. The number of benzene rings is 2. The van der Waals surface area contributed by atoms with E-state index >= 15 is 0 Å². The molecule has 1 fully saturated rings. The maximum absolute atomic E-state index is 10.2. The number of unbranched alkanes of at least 4 members (excludes halogenated alkanes) is 2. The molecule has 4 aromatic rings. The molecule has 2 aromatic carbocycles. The SMILES string of the molecule is CCCCCNc1nc(N)nc2ccn(Cc3ccc(CN4CCN(CCOP(O)OCc5ccc(O)c(NC)c5)CC4)cc3OC)c12. The molecule has 0 amide bonds. The standard InChI is InChI=1S/C34H49N8O5P/c1-4-5-6-12-37-33-32-28(38-34(35)39-33)11-13-42(32)23-27-9-7-25(21-31(27)45-3)22-41-16-14-40(15-17-41)18-19-46-48(44)47-24-26-8-10-30(43)29(20-26)36-2/h7-11,13,20-21,36,43-44H,4-6,12,14-19,22-24H2,1-3H3,(H3,35,37,38,39).